The van der Waals surface area contributed by atoms with Gasteiger partial charge >= 0.3 is 5.97 Å². The standard InChI is InChI=1S/C37H48F2N4O9/c1-20-10-11-23(29(38)33(20)47)26(45)9-6-7-16-43(5,17-8-14-40-35(49)24-12-13-27(46)34(48)30(24)39)18-15-41(4)19-25-21(2)31-28(22(3)44)36(50)42(31)32(25)37(51)52/h10-13,21-22,28,31,44H,6-9,14-19H2,1-5H3,(H4-,40,46,47,48,49,51,52)/p+1/t21-,22+,28+,31+,43?/m0/s1. The summed E-state index contributed by atoms with van der Waals surface area (Å²) < 4.78 is 29.3. The maximum Gasteiger partial charge on any atom is 0.352 e. The zero-order chi connectivity index (χ0) is 38.7. The van der Waals surface area contributed by atoms with Crippen LogP contribution in [0.1, 0.15) is 65.8 Å². The second-order valence-electron chi connectivity index (χ2n) is 14.3. The summed E-state index contributed by atoms with van der Waals surface area (Å²) in [5, 5.41) is 51.9. The molecule has 2 aliphatic heterocycles. The monoisotopic (exact) mass is 731 g/mol. The van der Waals surface area contributed by atoms with Gasteiger partial charge in [-0.05, 0) is 63.1 Å². The number of rotatable bonds is 18. The SMILES string of the molecule is Cc1ccc(C(=O)CCCC[N+](C)(CCCNC(=O)c2ccc(O)c(O)c2F)CCN(C)CC2=C(C(=O)O)N3C(=O)[C@H]([C@@H](C)O)[C@H]3[C@H]2C)c(F)c1O. The highest BCUT2D eigenvalue weighted by Gasteiger charge is 2.59. The van der Waals surface area contributed by atoms with E-state index < -0.39 is 76.1 Å². The molecule has 13 nitrogen and oxygen atoms in total. The van der Waals surface area contributed by atoms with E-state index >= 15 is 0 Å². The zero-order valence-corrected chi connectivity index (χ0v) is 30.2. The maximum atomic E-state index is 14.5. The van der Waals surface area contributed by atoms with E-state index in [0.717, 1.165) is 12.1 Å². The van der Waals surface area contributed by atoms with Crippen molar-refractivity contribution in [3.8, 4) is 17.2 Å². The average molecular weight is 732 g/mol. The number of carbonyl (C=O) groups is 4. The predicted molar refractivity (Wildman–Crippen MR) is 186 cm³/mol. The molecule has 284 valence electrons. The summed E-state index contributed by atoms with van der Waals surface area (Å²) >= 11 is 0. The van der Waals surface area contributed by atoms with Crippen molar-refractivity contribution in [3.63, 3.8) is 0 Å². The van der Waals surface area contributed by atoms with Gasteiger partial charge in [-0.2, -0.15) is 0 Å². The fourth-order valence-corrected chi connectivity index (χ4v) is 7.25. The Bertz CT molecular complexity index is 1670. The minimum Gasteiger partial charge on any atom is -0.505 e. The van der Waals surface area contributed by atoms with Gasteiger partial charge < -0.3 is 40.2 Å². The van der Waals surface area contributed by atoms with Crippen LogP contribution in [0.15, 0.2) is 35.5 Å². The van der Waals surface area contributed by atoms with Crippen molar-refractivity contribution in [1.29, 1.82) is 0 Å². The Morgan fingerprint density at radius 2 is 1.62 bits per heavy atom. The third kappa shape index (κ3) is 8.37. The number of quaternary nitrogens is 1. The first-order valence-electron chi connectivity index (χ1n) is 17.4. The summed E-state index contributed by atoms with van der Waals surface area (Å²) in [4.78, 5) is 53.7. The molecule has 1 unspecified atom stereocenters. The minimum absolute atomic E-state index is 0.0411. The van der Waals surface area contributed by atoms with Gasteiger partial charge in [0.2, 0.25) is 5.91 Å². The number of benzene rings is 2. The second kappa shape index (κ2) is 16.4. The zero-order valence-electron chi connectivity index (χ0n) is 30.2. The van der Waals surface area contributed by atoms with E-state index in [1.165, 1.54) is 30.9 Å². The van der Waals surface area contributed by atoms with E-state index in [-0.39, 0.29) is 36.7 Å². The number of likely N-dealkylation sites (N-methyl/N-ethyl adjacent to an activating group) is 2. The molecular formula is C37H49F2N4O9+. The van der Waals surface area contributed by atoms with Crippen molar-refractivity contribution in [2.45, 2.75) is 58.6 Å². The lowest BCUT2D eigenvalue weighted by Crippen LogP contribution is -2.63. The number of amides is 2. The molecule has 52 heavy (non-hydrogen) atoms. The summed E-state index contributed by atoms with van der Waals surface area (Å²) in [5.41, 5.74) is 0.308. The molecule has 2 aliphatic rings. The number of nitrogens with zero attached hydrogens (tertiary/aromatic N) is 3. The first-order chi connectivity index (χ1) is 24.4. The van der Waals surface area contributed by atoms with Gasteiger partial charge in [0.15, 0.2) is 34.7 Å². The van der Waals surface area contributed by atoms with Crippen molar-refractivity contribution in [2.75, 3.05) is 53.4 Å². The number of aryl methyl sites for hydroxylation is 1. The van der Waals surface area contributed by atoms with Crippen LogP contribution in [0.5, 0.6) is 17.2 Å². The fourth-order valence-electron chi connectivity index (χ4n) is 7.25. The number of carbonyl (C=O) groups excluding carboxylic acids is 3. The third-order valence-electron chi connectivity index (χ3n) is 10.4. The first-order valence-corrected chi connectivity index (χ1v) is 17.4. The normalized spacial score (nSPS) is 20.1. The van der Waals surface area contributed by atoms with E-state index in [1.54, 1.807) is 0 Å². The molecule has 0 aromatic heterocycles. The van der Waals surface area contributed by atoms with Crippen LogP contribution in [-0.2, 0) is 9.59 Å². The van der Waals surface area contributed by atoms with Gasteiger partial charge in [0, 0.05) is 38.4 Å². The number of Topliss-reactive ketones (excluding diaryl/α,β-unsaturated/α-hetero) is 1. The van der Waals surface area contributed by atoms with Gasteiger partial charge in [0.05, 0.1) is 55.9 Å². The fraction of sp³-hybridized carbons (Fsp3) is 0.514. The van der Waals surface area contributed by atoms with Crippen molar-refractivity contribution in [1.82, 2.24) is 15.1 Å². The topological polar surface area (TPSA) is 188 Å². The van der Waals surface area contributed by atoms with Crippen molar-refractivity contribution < 1.29 is 58.0 Å². The molecule has 4 rings (SSSR count). The molecule has 0 saturated carbocycles. The molecule has 2 amide bonds. The first kappa shape index (κ1) is 40.2. The number of phenols is 3. The Morgan fingerprint density at radius 1 is 0.981 bits per heavy atom. The Morgan fingerprint density at radius 3 is 2.27 bits per heavy atom. The summed E-state index contributed by atoms with van der Waals surface area (Å²) in [6.07, 6.45) is 0.653. The van der Waals surface area contributed by atoms with E-state index in [4.69, 9.17) is 0 Å². The van der Waals surface area contributed by atoms with Gasteiger partial charge in [0.1, 0.15) is 5.70 Å². The maximum absolute atomic E-state index is 14.5. The number of β-lactam (4-membered cyclic amide) rings is 1. The number of carboxylic acid groups (broad SMARTS) is 1. The second-order valence-corrected chi connectivity index (χ2v) is 14.3. The largest absolute Gasteiger partial charge is 0.505 e. The van der Waals surface area contributed by atoms with E-state index in [1.807, 2.05) is 25.9 Å². The number of nitrogens with one attached hydrogen (secondary N) is 1. The quantitative estimate of drug-likeness (QED) is 0.0437. The highest BCUT2D eigenvalue weighted by molar-refractivity contribution is 6.00. The predicted octanol–water partition coefficient (Wildman–Crippen LogP) is 3.14. The van der Waals surface area contributed by atoms with Crippen molar-refractivity contribution >= 4 is 23.6 Å². The molecule has 0 radical (unpaired) electrons. The van der Waals surface area contributed by atoms with Gasteiger partial charge in [-0.15, -0.1) is 0 Å². The molecule has 2 aromatic rings. The molecule has 6 N–H and O–H groups in total. The van der Waals surface area contributed by atoms with E-state index in [2.05, 4.69) is 5.32 Å². The third-order valence-corrected chi connectivity index (χ3v) is 10.4. The average Bonchev–Trinajstić information content (AvgIpc) is 3.32. The lowest BCUT2D eigenvalue weighted by Gasteiger charge is -2.46. The van der Waals surface area contributed by atoms with Crippen LogP contribution >= 0.6 is 0 Å². The van der Waals surface area contributed by atoms with Crippen LogP contribution < -0.4 is 5.32 Å². The van der Waals surface area contributed by atoms with E-state index in [0.29, 0.717) is 61.1 Å². The summed E-state index contributed by atoms with van der Waals surface area (Å²) in [6, 6.07) is 4.52. The van der Waals surface area contributed by atoms with Crippen LogP contribution in [0, 0.1) is 30.4 Å². The molecule has 0 spiro atoms. The molecule has 1 fully saturated rings. The van der Waals surface area contributed by atoms with Crippen LogP contribution in [0.25, 0.3) is 0 Å². The minimum atomic E-state index is -1.23. The van der Waals surface area contributed by atoms with Gasteiger partial charge in [-0.25, -0.2) is 13.6 Å². The van der Waals surface area contributed by atoms with Gasteiger partial charge in [0.25, 0.3) is 5.91 Å². The Kier molecular flexibility index (Phi) is 12.7. The van der Waals surface area contributed by atoms with Crippen molar-refractivity contribution in [2.24, 2.45) is 11.8 Å². The van der Waals surface area contributed by atoms with Crippen LogP contribution in [0.4, 0.5) is 8.78 Å². The number of aliphatic hydroxyl groups excluding tert-OH is 1. The number of fused-ring (bicyclic) bond motifs is 1. The van der Waals surface area contributed by atoms with E-state index in [9.17, 15) is 53.5 Å². The number of carboxylic acids is 1. The molecule has 0 aliphatic carbocycles. The highest BCUT2D eigenvalue weighted by Crippen LogP contribution is 2.47. The molecule has 15 heteroatoms. The number of halogens is 2. The number of unbranched alkanes of at least 4 members (excludes halogenated alkanes) is 1. The molecule has 5 atom stereocenters. The smallest absolute Gasteiger partial charge is 0.352 e. The lowest BCUT2D eigenvalue weighted by molar-refractivity contribution is -0.909. The Labute approximate surface area is 301 Å². The number of aliphatic hydroxyl groups is 1. The number of hydrogen-bond donors (Lipinski definition) is 6. The van der Waals surface area contributed by atoms with Gasteiger partial charge in [-0.1, -0.05) is 13.0 Å². The Hall–Kier alpha value is -4.60. The summed E-state index contributed by atoms with van der Waals surface area (Å²) in [7, 11) is 3.85. The van der Waals surface area contributed by atoms with Gasteiger partial charge in [-0.3, -0.25) is 19.3 Å². The number of ketones is 1. The van der Waals surface area contributed by atoms with Crippen LogP contribution in [-0.4, -0.2) is 129 Å². The summed E-state index contributed by atoms with van der Waals surface area (Å²) in [5.74, 6) is -8.13. The molecule has 1 saturated heterocycles. The number of aromatic hydroxyl groups is 3. The lowest BCUT2D eigenvalue weighted by atomic mass is 9.77. The Balaban J connectivity index is 1.40. The molecule has 0 bridgehead atoms. The summed E-state index contributed by atoms with van der Waals surface area (Å²) in [6.45, 7) is 7.60. The van der Waals surface area contributed by atoms with Crippen molar-refractivity contribution in [3.05, 3.63) is 63.9 Å². The molecular weight excluding hydrogens is 682 g/mol. The molecule has 2 aromatic carbocycles. The molecule has 2 heterocycles. The van der Waals surface area contributed by atoms with Crippen LogP contribution in [0.3, 0.4) is 0 Å². The highest BCUT2D eigenvalue weighted by atomic mass is 19.1. The van der Waals surface area contributed by atoms with Crippen LogP contribution in [0.2, 0.25) is 0 Å². The number of hydrogen-bond acceptors (Lipinski definition) is 9. The number of aliphatic carboxylic acids is 1. The number of phenolic OH excluding ortho intramolecular Hbond substituents is 3.